The lowest BCUT2D eigenvalue weighted by atomic mass is 9.97. The molecule has 4 aromatic rings. The molecule has 0 radical (unpaired) electrons. The van der Waals surface area contributed by atoms with E-state index in [4.69, 9.17) is 9.84 Å². The third-order valence-corrected chi connectivity index (χ3v) is 8.03. The van der Waals surface area contributed by atoms with E-state index >= 15 is 0 Å². The smallest absolute Gasteiger partial charge is 0.240 e. The van der Waals surface area contributed by atoms with Gasteiger partial charge in [-0.25, -0.2) is 4.68 Å². The lowest BCUT2D eigenvalue weighted by molar-refractivity contribution is -0.122. The fraction of sp³-hybridized carbons (Fsp3) is 0.258. The second kappa shape index (κ2) is 11.8. The lowest BCUT2D eigenvalue weighted by Crippen LogP contribution is -2.42. The first-order chi connectivity index (χ1) is 19.0. The van der Waals surface area contributed by atoms with Gasteiger partial charge in [0.25, 0.3) is 0 Å². The van der Waals surface area contributed by atoms with E-state index in [0.717, 1.165) is 45.8 Å². The maximum absolute atomic E-state index is 13.7. The zero-order valence-electron chi connectivity index (χ0n) is 22.4. The zero-order valence-corrected chi connectivity index (χ0v) is 23.2. The number of anilines is 1. The van der Waals surface area contributed by atoms with Gasteiger partial charge in [0.05, 0.1) is 29.5 Å². The Morgan fingerprint density at radius 3 is 2.46 bits per heavy atom. The molecule has 2 amide bonds. The number of nitrogens with zero attached hydrogens (tertiary/aromatic N) is 3. The number of aryl methyl sites for hydroxylation is 1. The van der Waals surface area contributed by atoms with E-state index in [-0.39, 0.29) is 29.4 Å². The Kier molecular flexibility index (Phi) is 8.02. The summed E-state index contributed by atoms with van der Waals surface area (Å²) < 4.78 is 7.18. The Morgan fingerprint density at radius 1 is 1.05 bits per heavy atom. The van der Waals surface area contributed by atoms with Gasteiger partial charge in [-0.3, -0.25) is 14.5 Å². The summed E-state index contributed by atoms with van der Waals surface area (Å²) in [6.07, 6.45) is 0.818. The number of fused-ring (bicyclic) bond motifs is 1. The van der Waals surface area contributed by atoms with Gasteiger partial charge in [0, 0.05) is 17.7 Å². The number of hydrogen-bond donors (Lipinski definition) is 1. The van der Waals surface area contributed by atoms with Crippen molar-refractivity contribution in [3.05, 3.63) is 95.6 Å². The first-order valence-electron chi connectivity index (χ1n) is 13.1. The van der Waals surface area contributed by atoms with E-state index in [2.05, 4.69) is 24.4 Å². The van der Waals surface area contributed by atoms with Crippen LogP contribution in [0.25, 0.3) is 16.9 Å². The summed E-state index contributed by atoms with van der Waals surface area (Å²) in [6.45, 7) is 4.57. The molecule has 5 rings (SSSR count). The normalized spacial score (nSPS) is 15.0. The van der Waals surface area contributed by atoms with Crippen LogP contribution in [0, 0.1) is 6.92 Å². The van der Waals surface area contributed by atoms with Crippen molar-refractivity contribution in [1.82, 2.24) is 15.1 Å². The number of benzene rings is 3. The number of methoxy groups -OCH3 is 1. The molecule has 1 aliphatic heterocycles. The van der Waals surface area contributed by atoms with Crippen LogP contribution in [-0.2, 0) is 9.59 Å². The van der Waals surface area contributed by atoms with E-state index in [9.17, 15) is 9.59 Å². The number of nitrogens with one attached hydrogen (secondary N) is 1. The summed E-state index contributed by atoms with van der Waals surface area (Å²) in [4.78, 5) is 28.3. The predicted molar refractivity (Wildman–Crippen MR) is 157 cm³/mol. The molecule has 1 atom stereocenters. The van der Waals surface area contributed by atoms with E-state index < -0.39 is 0 Å². The molecule has 0 saturated heterocycles. The van der Waals surface area contributed by atoms with Gasteiger partial charge in [-0.1, -0.05) is 61.5 Å². The Morgan fingerprint density at radius 2 is 1.77 bits per heavy atom. The molecule has 0 unspecified atom stereocenters. The molecule has 0 saturated carbocycles. The Balaban J connectivity index is 1.79. The summed E-state index contributed by atoms with van der Waals surface area (Å²) in [5.74, 6) is 1.26. The summed E-state index contributed by atoms with van der Waals surface area (Å²) in [5.41, 5.74) is 5.70. The van der Waals surface area contributed by atoms with Gasteiger partial charge >= 0.3 is 0 Å². The van der Waals surface area contributed by atoms with Crippen LogP contribution in [0.3, 0.4) is 0 Å². The molecule has 3 aromatic carbocycles. The molecule has 1 N–H and O–H groups in total. The largest absolute Gasteiger partial charge is 0.497 e. The minimum absolute atomic E-state index is 0.0804. The maximum atomic E-state index is 13.7. The average molecular weight is 541 g/mol. The van der Waals surface area contributed by atoms with Gasteiger partial charge in [-0.2, -0.15) is 5.10 Å². The molecule has 0 aliphatic carbocycles. The first kappa shape index (κ1) is 26.6. The van der Waals surface area contributed by atoms with Crippen molar-refractivity contribution in [2.24, 2.45) is 0 Å². The maximum Gasteiger partial charge on any atom is 0.240 e. The molecule has 200 valence electrons. The third kappa shape index (κ3) is 5.43. The fourth-order valence-corrected chi connectivity index (χ4v) is 6.12. The zero-order chi connectivity index (χ0) is 27.4. The van der Waals surface area contributed by atoms with Crippen molar-refractivity contribution in [3.63, 3.8) is 0 Å². The van der Waals surface area contributed by atoms with Crippen LogP contribution in [0.2, 0.25) is 0 Å². The van der Waals surface area contributed by atoms with Crippen LogP contribution >= 0.6 is 11.8 Å². The molecular weight excluding hydrogens is 508 g/mol. The fourth-order valence-electron chi connectivity index (χ4n) is 4.82. The minimum Gasteiger partial charge on any atom is -0.497 e. The molecule has 7 nitrogen and oxygen atoms in total. The van der Waals surface area contributed by atoms with Crippen molar-refractivity contribution in [2.75, 3.05) is 30.9 Å². The number of carbonyl (C=O) groups is 2. The highest BCUT2D eigenvalue weighted by Crippen LogP contribution is 2.49. The van der Waals surface area contributed by atoms with Gasteiger partial charge < -0.3 is 10.1 Å². The molecule has 1 aromatic heterocycles. The Bertz CT molecular complexity index is 1470. The topological polar surface area (TPSA) is 76.5 Å². The van der Waals surface area contributed by atoms with E-state index in [0.29, 0.717) is 12.4 Å². The van der Waals surface area contributed by atoms with Gasteiger partial charge in [-0.15, -0.1) is 11.8 Å². The summed E-state index contributed by atoms with van der Waals surface area (Å²) >= 11 is 1.58. The SMILES string of the molecule is CCCNC(=O)CN1C(=O)CS[C@@H](c2ccccc2C)c2c(-c3ccccc3)nn(-c3ccc(OC)cc3)c21. The monoisotopic (exact) mass is 540 g/mol. The van der Waals surface area contributed by atoms with E-state index in [1.807, 2.05) is 73.7 Å². The Labute approximate surface area is 233 Å². The molecule has 0 bridgehead atoms. The number of carbonyl (C=O) groups excluding carboxylic acids is 2. The van der Waals surface area contributed by atoms with Crippen LogP contribution in [0.1, 0.15) is 35.3 Å². The highest BCUT2D eigenvalue weighted by molar-refractivity contribution is 8.00. The van der Waals surface area contributed by atoms with Crippen LogP contribution in [-0.4, -0.2) is 47.5 Å². The second-order valence-electron chi connectivity index (χ2n) is 9.44. The standard InChI is InChI=1S/C31H32N4O3S/c1-4-18-32-26(36)19-34-27(37)20-39-30(25-13-9-8-10-21(25)2)28-29(22-11-6-5-7-12-22)33-35(31(28)34)23-14-16-24(38-3)17-15-23/h5-17,30H,4,18-20H2,1-3H3,(H,32,36)/t30-/m0/s1. The lowest BCUT2D eigenvalue weighted by Gasteiger charge is -2.23. The van der Waals surface area contributed by atoms with Gasteiger partial charge in [0.2, 0.25) is 11.8 Å². The molecule has 0 fully saturated rings. The Hall–Kier alpha value is -4.04. The van der Waals surface area contributed by atoms with Crippen LogP contribution in [0.4, 0.5) is 5.82 Å². The van der Waals surface area contributed by atoms with Crippen molar-refractivity contribution in [1.29, 1.82) is 0 Å². The molecule has 39 heavy (non-hydrogen) atoms. The number of aromatic nitrogens is 2. The van der Waals surface area contributed by atoms with Crippen molar-refractivity contribution >= 4 is 29.4 Å². The number of thioether (sulfide) groups is 1. The van der Waals surface area contributed by atoms with Gasteiger partial charge in [-0.05, 0) is 48.7 Å². The van der Waals surface area contributed by atoms with Gasteiger partial charge in [0.15, 0.2) is 0 Å². The van der Waals surface area contributed by atoms with E-state index in [1.54, 1.807) is 28.5 Å². The van der Waals surface area contributed by atoms with Crippen LogP contribution < -0.4 is 15.0 Å². The summed E-state index contributed by atoms with van der Waals surface area (Å²) in [6, 6.07) is 25.9. The molecule has 2 heterocycles. The first-order valence-corrected chi connectivity index (χ1v) is 14.1. The molecule has 8 heteroatoms. The number of amides is 2. The molecular formula is C31H32N4O3S. The van der Waals surface area contributed by atoms with Crippen molar-refractivity contribution in [2.45, 2.75) is 25.5 Å². The number of rotatable bonds is 8. The minimum atomic E-state index is -0.195. The second-order valence-corrected chi connectivity index (χ2v) is 10.5. The summed E-state index contributed by atoms with van der Waals surface area (Å²) in [5, 5.41) is 7.90. The van der Waals surface area contributed by atoms with Crippen molar-refractivity contribution in [3.8, 4) is 22.7 Å². The highest BCUT2D eigenvalue weighted by Gasteiger charge is 2.38. The van der Waals surface area contributed by atoms with E-state index in [1.165, 1.54) is 0 Å². The third-order valence-electron chi connectivity index (χ3n) is 6.80. The van der Waals surface area contributed by atoms with Gasteiger partial charge in [0.1, 0.15) is 18.1 Å². The molecule has 0 spiro atoms. The van der Waals surface area contributed by atoms with Crippen LogP contribution in [0.15, 0.2) is 78.9 Å². The number of hydrogen-bond acceptors (Lipinski definition) is 5. The quantitative estimate of drug-likeness (QED) is 0.317. The summed E-state index contributed by atoms with van der Waals surface area (Å²) in [7, 11) is 1.63. The predicted octanol–water partition coefficient (Wildman–Crippen LogP) is 5.55. The molecule has 1 aliphatic rings. The average Bonchev–Trinajstić information content (AvgIpc) is 3.30. The van der Waals surface area contributed by atoms with Crippen molar-refractivity contribution < 1.29 is 14.3 Å². The number of ether oxygens (including phenoxy) is 1. The highest BCUT2D eigenvalue weighted by atomic mass is 32.2. The van der Waals surface area contributed by atoms with Crippen LogP contribution in [0.5, 0.6) is 5.75 Å².